The molecule has 1 aliphatic heterocycles. The minimum atomic E-state index is -0.954. The molecule has 35 heavy (non-hydrogen) atoms. The Kier molecular flexibility index (Phi) is 7.41. The van der Waals surface area contributed by atoms with Crippen LogP contribution >= 0.6 is 11.6 Å². The fourth-order valence-corrected chi connectivity index (χ4v) is 4.68. The van der Waals surface area contributed by atoms with E-state index in [4.69, 9.17) is 21.4 Å². The highest BCUT2D eigenvalue weighted by atomic mass is 35.5. The van der Waals surface area contributed by atoms with E-state index in [9.17, 15) is 14.0 Å². The zero-order valence-electron chi connectivity index (χ0n) is 19.5. The van der Waals surface area contributed by atoms with Gasteiger partial charge in [-0.1, -0.05) is 35.9 Å². The van der Waals surface area contributed by atoms with Gasteiger partial charge in [0.05, 0.1) is 6.42 Å². The van der Waals surface area contributed by atoms with Crippen LogP contribution in [-0.2, 0) is 24.1 Å². The number of carboxylic acids is 1. The van der Waals surface area contributed by atoms with Gasteiger partial charge in [-0.25, -0.2) is 4.39 Å². The van der Waals surface area contributed by atoms with Crippen LogP contribution in [0.4, 0.5) is 4.39 Å². The van der Waals surface area contributed by atoms with E-state index in [1.807, 2.05) is 31.2 Å². The molecule has 0 saturated heterocycles. The molecule has 3 aromatic carbocycles. The lowest BCUT2D eigenvalue weighted by Gasteiger charge is -2.24. The summed E-state index contributed by atoms with van der Waals surface area (Å²) >= 11 is 6.07. The predicted molar refractivity (Wildman–Crippen MR) is 133 cm³/mol. The Morgan fingerprint density at radius 1 is 1.06 bits per heavy atom. The topological polar surface area (TPSA) is 66.8 Å². The summed E-state index contributed by atoms with van der Waals surface area (Å²) < 4.78 is 19.5. The van der Waals surface area contributed by atoms with Crippen LogP contribution in [0.2, 0.25) is 5.02 Å². The number of ether oxygens (including phenoxy) is 1. The standard InChI is InChI=1S/C28H27ClFNO4/c1-28(17-20-5-8-24(30)9-6-20)18-22-16-21(7-10-25(22)35-28)27(34)31(14-12-26(32)33)13-11-19-3-2-4-23(29)15-19/h2-10,15-16H,11-14,17-18H2,1H3,(H,32,33)/t28-/m0/s1. The zero-order chi connectivity index (χ0) is 25.0. The number of benzene rings is 3. The number of hydrogen-bond donors (Lipinski definition) is 1. The predicted octanol–water partition coefficient (Wildman–Crippen LogP) is 5.58. The number of carbonyl (C=O) groups is 2. The first-order valence-electron chi connectivity index (χ1n) is 11.5. The zero-order valence-corrected chi connectivity index (χ0v) is 20.2. The van der Waals surface area contributed by atoms with Gasteiger partial charge >= 0.3 is 5.97 Å². The minimum absolute atomic E-state index is 0.116. The van der Waals surface area contributed by atoms with E-state index in [0.717, 1.165) is 22.4 Å². The number of carboxylic acid groups (broad SMARTS) is 1. The van der Waals surface area contributed by atoms with E-state index in [-0.39, 0.29) is 24.7 Å². The molecule has 0 fully saturated rings. The SMILES string of the molecule is C[C@]1(Cc2ccc(F)cc2)Cc2cc(C(=O)N(CCC(=O)O)CCc3cccc(Cl)c3)ccc2O1. The second kappa shape index (κ2) is 10.5. The molecule has 1 amide bonds. The van der Waals surface area contributed by atoms with Crippen LogP contribution in [0.3, 0.4) is 0 Å². The van der Waals surface area contributed by atoms with Gasteiger partial charge in [0.2, 0.25) is 0 Å². The number of rotatable bonds is 9. The lowest BCUT2D eigenvalue weighted by atomic mass is 9.91. The summed E-state index contributed by atoms with van der Waals surface area (Å²) in [6.45, 7) is 2.49. The van der Waals surface area contributed by atoms with Gasteiger partial charge in [-0.05, 0) is 72.5 Å². The van der Waals surface area contributed by atoms with Crippen molar-refractivity contribution in [1.29, 1.82) is 0 Å². The van der Waals surface area contributed by atoms with E-state index in [1.54, 1.807) is 35.2 Å². The van der Waals surface area contributed by atoms with Gasteiger partial charge in [-0.15, -0.1) is 0 Å². The summed E-state index contributed by atoms with van der Waals surface area (Å²) in [5.74, 6) is -0.727. The van der Waals surface area contributed by atoms with Crippen molar-refractivity contribution >= 4 is 23.5 Å². The molecule has 1 atom stereocenters. The van der Waals surface area contributed by atoms with Crippen LogP contribution in [0.1, 0.15) is 40.4 Å². The van der Waals surface area contributed by atoms with E-state index in [1.165, 1.54) is 12.1 Å². The van der Waals surface area contributed by atoms with Crippen LogP contribution in [0.15, 0.2) is 66.7 Å². The van der Waals surface area contributed by atoms with E-state index < -0.39 is 11.6 Å². The highest BCUT2D eigenvalue weighted by molar-refractivity contribution is 6.30. The van der Waals surface area contributed by atoms with Crippen molar-refractivity contribution in [3.8, 4) is 5.75 Å². The fourth-order valence-electron chi connectivity index (χ4n) is 4.47. The largest absolute Gasteiger partial charge is 0.487 e. The molecule has 0 unspecified atom stereocenters. The summed E-state index contributed by atoms with van der Waals surface area (Å²) in [6.07, 6.45) is 1.65. The molecule has 0 bridgehead atoms. The maximum Gasteiger partial charge on any atom is 0.305 e. The summed E-state index contributed by atoms with van der Waals surface area (Å²) in [5.41, 5.74) is 2.86. The normalized spacial score (nSPS) is 16.4. The average Bonchev–Trinajstić information content (AvgIpc) is 3.15. The quantitative estimate of drug-likeness (QED) is 0.421. The number of carbonyl (C=O) groups excluding carboxylic acids is 1. The smallest absolute Gasteiger partial charge is 0.305 e. The monoisotopic (exact) mass is 495 g/mol. The van der Waals surface area contributed by atoms with Crippen LogP contribution in [0.5, 0.6) is 5.75 Å². The third-order valence-electron chi connectivity index (χ3n) is 6.16. The van der Waals surface area contributed by atoms with Gasteiger partial charge in [-0.2, -0.15) is 0 Å². The number of amides is 1. The average molecular weight is 496 g/mol. The molecule has 0 saturated carbocycles. The Labute approximate surface area is 209 Å². The molecule has 182 valence electrons. The van der Waals surface area contributed by atoms with Crippen LogP contribution < -0.4 is 4.74 Å². The van der Waals surface area contributed by atoms with Crippen molar-refractivity contribution in [1.82, 2.24) is 4.90 Å². The van der Waals surface area contributed by atoms with Crippen molar-refractivity contribution in [2.45, 2.75) is 38.2 Å². The highest BCUT2D eigenvalue weighted by Crippen LogP contribution is 2.37. The maximum absolute atomic E-state index is 13.4. The number of fused-ring (bicyclic) bond motifs is 1. The maximum atomic E-state index is 13.4. The lowest BCUT2D eigenvalue weighted by molar-refractivity contribution is -0.137. The number of aliphatic carboxylic acids is 1. The number of hydrogen-bond acceptors (Lipinski definition) is 3. The van der Waals surface area contributed by atoms with Crippen molar-refractivity contribution < 1.29 is 23.8 Å². The summed E-state index contributed by atoms with van der Waals surface area (Å²) in [5, 5.41) is 9.78. The van der Waals surface area contributed by atoms with Crippen molar-refractivity contribution in [3.63, 3.8) is 0 Å². The van der Waals surface area contributed by atoms with Gasteiger partial charge in [0.25, 0.3) is 5.91 Å². The summed E-state index contributed by atoms with van der Waals surface area (Å²) in [7, 11) is 0. The molecule has 0 aliphatic carbocycles. The second-order valence-corrected chi connectivity index (χ2v) is 9.61. The van der Waals surface area contributed by atoms with E-state index in [0.29, 0.717) is 36.4 Å². The minimum Gasteiger partial charge on any atom is -0.487 e. The molecule has 1 N–H and O–H groups in total. The van der Waals surface area contributed by atoms with Crippen LogP contribution in [0, 0.1) is 5.82 Å². The molecule has 0 aromatic heterocycles. The second-order valence-electron chi connectivity index (χ2n) is 9.17. The Morgan fingerprint density at radius 2 is 1.83 bits per heavy atom. The molecule has 0 radical (unpaired) electrons. The van der Waals surface area contributed by atoms with Crippen molar-refractivity contribution in [2.24, 2.45) is 0 Å². The first-order valence-corrected chi connectivity index (χ1v) is 11.9. The molecule has 4 rings (SSSR count). The number of nitrogens with zero attached hydrogens (tertiary/aromatic N) is 1. The third-order valence-corrected chi connectivity index (χ3v) is 6.40. The van der Waals surface area contributed by atoms with Gasteiger partial charge in [0.1, 0.15) is 17.2 Å². The van der Waals surface area contributed by atoms with Crippen molar-refractivity contribution in [3.05, 3.63) is 99.8 Å². The van der Waals surface area contributed by atoms with Crippen molar-refractivity contribution in [2.75, 3.05) is 13.1 Å². The molecule has 0 spiro atoms. The molecule has 7 heteroatoms. The fraction of sp³-hybridized carbons (Fsp3) is 0.286. The molecule has 1 heterocycles. The first kappa shape index (κ1) is 24.7. The molecule has 3 aromatic rings. The van der Waals surface area contributed by atoms with Gasteiger partial charge in [0, 0.05) is 36.5 Å². The summed E-state index contributed by atoms with van der Waals surface area (Å²) in [6, 6.07) is 19.1. The van der Waals surface area contributed by atoms with E-state index >= 15 is 0 Å². The van der Waals surface area contributed by atoms with Gasteiger partial charge < -0.3 is 14.7 Å². The lowest BCUT2D eigenvalue weighted by Crippen LogP contribution is -2.35. The van der Waals surface area contributed by atoms with E-state index in [2.05, 4.69) is 0 Å². The highest BCUT2D eigenvalue weighted by Gasteiger charge is 2.35. The van der Waals surface area contributed by atoms with Crippen LogP contribution in [-0.4, -0.2) is 40.6 Å². The van der Waals surface area contributed by atoms with Gasteiger partial charge in [0.15, 0.2) is 0 Å². The Hall–Kier alpha value is -3.38. The first-order chi connectivity index (χ1) is 16.7. The Bertz CT molecular complexity index is 1230. The molecule has 1 aliphatic rings. The van der Waals surface area contributed by atoms with Crippen LogP contribution in [0.25, 0.3) is 0 Å². The van der Waals surface area contributed by atoms with Gasteiger partial charge in [-0.3, -0.25) is 9.59 Å². The number of halogens is 2. The molecule has 5 nitrogen and oxygen atoms in total. The Morgan fingerprint density at radius 3 is 2.54 bits per heavy atom. The molecular weight excluding hydrogens is 469 g/mol. The summed E-state index contributed by atoms with van der Waals surface area (Å²) in [4.78, 5) is 26.1. The third kappa shape index (κ3) is 6.40. The molecular formula is C28H27ClFNO4. The Balaban J connectivity index is 1.48.